The second kappa shape index (κ2) is 5.80. The molecule has 1 amide bonds. The summed E-state index contributed by atoms with van der Waals surface area (Å²) in [6, 6.07) is 9.50. The molecule has 0 bridgehead atoms. The molecule has 0 unspecified atom stereocenters. The number of hydrogen-bond donors (Lipinski definition) is 2. The average molecular weight is 344 g/mol. The Kier molecular flexibility index (Phi) is 3.31. The minimum Gasteiger partial charge on any atom is -0.345 e. The second-order valence-electron chi connectivity index (χ2n) is 6.42. The van der Waals surface area contributed by atoms with E-state index in [2.05, 4.69) is 25.4 Å². The molecule has 3 heterocycles. The molecule has 0 aliphatic heterocycles. The molecule has 7 heteroatoms. The van der Waals surface area contributed by atoms with Gasteiger partial charge in [-0.25, -0.2) is 14.5 Å². The highest BCUT2D eigenvalue weighted by Gasteiger charge is 2.26. The van der Waals surface area contributed by atoms with E-state index in [1.165, 1.54) is 12.8 Å². The van der Waals surface area contributed by atoms with Gasteiger partial charge in [0.1, 0.15) is 11.4 Å². The van der Waals surface area contributed by atoms with Crippen molar-refractivity contribution < 1.29 is 4.79 Å². The molecule has 1 saturated carbocycles. The summed E-state index contributed by atoms with van der Waals surface area (Å²) in [4.78, 5) is 24.6. The molecule has 5 rings (SSSR count). The highest BCUT2D eigenvalue weighted by Crippen LogP contribution is 2.39. The van der Waals surface area contributed by atoms with Crippen molar-refractivity contribution in [2.24, 2.45) is 0 Å². The minimum atomic E-state index is -0.216. The molecule has 1 aromatic carbocycles. The maximum Gasteiger partial charge on any atom is 0.261 e. The van der Waals surface area contributed by atoms with Gasteiger partial charge in [0, 0.05) is 41.5 Å². The van der Waals surface area contributed by atoms with Crippen LogP contribution in [0.25, 0.3) is 17.0 Å². The number of nitrogens with one attached hydrogen (secondary N) is 2. The maximum absolute atomic E-state index is 12.7. The number of imidazole rings is 1. The third-order valence-electron chi connectivity index (χ3n) is 4.55. The molecule has 0 atom stereocenters. The summed E-state index contributed by atoms with van der Waals surface area (Å²) in [5.41, 5.74) is 3.78. The fourth-order valence-corrected chi connectivity index (χ4v) is 2.98. The molecule has 1 aliphatic rings. The van der Waals surface area contributed by atoms with Gasteiger partial charge in [-0.05, 0) is 43.2 Å². The van der Waals surface area contributed by atoms with Gasteiger partial charge in [-0.2, -0.15) is 5.10 Å². The number of rotatable bonds is 4. The van der Waals surface area contributed by atoms with E-state index >= 15 is 0 Å². The van der Waals surface area contributed by atoms with Crippen molar-refractivity contribution in [2.45, 2.75) is 18.8 Å². The molecule has 3 aromatic heterocycles. The molecular formula is C19H16N6O. The summed E-state index contributed by atoms with van der Waals surface area (Å²) in [7, 11) is 0. The van der Waals surface area contributed by atoms with Gasteiger partial charge in [0.2, 0.25) is 0 Å². The number of anilines is 1. The molecule has 128 valence electrons. The Morgan fingerprint density at radius 2 is 2.04 bits per heavy atom. The number of hydrogen-bond acceptors (Lipinski definition) is 4. The average Bonchev–Trinajstić information content (AvgIpc) is 3.20. The zero-order valence-electron chi connectivity index (χ0n) is 13.9. The monoisotopic (exact) mass is 344 g/mol. The molecular weight excluding hydrogens is 328 g/mol. The fourth-order valence-electron chi connectivity index (χ4n) is 2.98. The number of fused-ring (bicyclic) bond motifs is 1. The number of carbonyl (C=O) groups excluding carboxylic acids is 1. The number of amides is 1. The maximum atomic E-state index is 12.7. The first-order valence-corrected chi connectivity index (χ1v) is 8.53. The van der Waals surface area contributed by atoms with E-state index in [4.69, 9.17) is 0 Å². The topological polar surface area (TPSA) is 88.0 Å². The predicted molar refractivity (Wildman–Crippen MR) is 96.9 cm³/mol. The van der Waals surface area contributed by atoms with E-state index in [9.17, 15) is 4.79 Å². The summed E-state index contributed by atoms with van der Waals surface area (Å²) in [6.45, 7) is 0. The quantitative estimate of drug-likeness (QED) is 0.595. The fraction of sp³-hybridized carbons (Fsp3) is 0.158. The molecule has 26 heavy (non-hydrogen) atoms. The Bertz CT molecular complexity index is 1080. The van der Waals surface area contributed by atoms with Gasteiger partial charge < -0.3 is 10.3 Å². The van der Waals surface area contributed by atoms with E-state index in [1.54, 1.807) is 23.1 Å². The zero-order valence-corrected chi connectivity index (χ0v) is 13.9. The first kappa shape index (κ1) is 14.8. The van der Waals surface area contributed by atoms with Gasteiger partial charge in [0.05, 0.1) is 6.20 Å². The van der Waals surface area contributed by atoms with Crippen LogP contribution in [0.4, 0.5) is 5.69 Å². The van der Waals surface area contributed by atoms with Crippen LogP contribution in [0.15, 0.2) is 55.1 Å². The lowest BCUT2D eigenvalue weighted by molar-refractivity contribution is 0.102. The standard InChI is InChI=1S/C19H16N6O/c26-19(23-14-5-3-13(4-6-14)17-20-8-9-21-17)15-11-22-25-10-7-16(12-1-2-12)24-18(15)25/h3-12H,1-2H2,(H,20,21)(H,23,26). The lowest BCUT2D eigenvalue weighted by Gasteiger charge is -2.05. The van der Waals surface area contributed by atoms with Crippen LogP contribution in [0.2, 0.25) is 0 Å². The van der Waals surface area contributed by atoms with E-state index in [0.717, 1.165) is 17.1 Å². The van der Waals surface area contributed by atoms with Crippen LogP contribution >= 0.6 is 0 Å². The number of benzene rings is 1. The van der Waals surface area contributed by atoms with Gasteiger partial charge >= 0.3 is 0 Å². The van der Waals surface area contributed by atoms with Crippen molar-refractivity contribution >= 4 is 17.2 Å². The summed E-state index contributed by atoms with van der Waals surface area (Å²) in [6.07, 6.45) is 9.25. The molecule has 0 saturated heterocycles. The van der Waals surface area contributed by atoms with Gasteiger partial charge in [0.15, 0.2) is 5.65 Å². The molecule has 2 N–H and O–H groups in total. The Morgan fingerprint density at radius 3 is 2.77 bits per heavy atom. The summed E-state index contributed by atoms with van der Waals surface area (Å²) in [5.74, 6) is 1.11. The number of nitrogens with zero attached hydrogens (tertiary/aromatic N) is 4. The lowest BCUT2D eigenvalue weighted by atomic mass is 10.2. The Morgan fingerprint density at radius 1 is 1.19 bits per heavy atom. The zero-order chi connectivity index (χ0) is 17.5. The molecule has 0 radical (unpaired) electrons. The van der Waals surface area contributed by atoms with Gasteiger partial charge in [-0.3, -0.25) is 4.79 Å². The molecule has 1 fully saturated rings. The first-order chi connectivity index (χ1) is 12.8. The molecule has 4 aromatic rings. The SMILES string of the molecule is O=C(Nc1ccc(-c2ncc[nH]2)cc1)c1cnn2ccc(C3CC3)nc12. The highest BCUT2D eigenvalue weighted by molar-refractivity contribution is 6.08. The predicted octanol–water partition coefficient (Wildman–Crippen LogP) is 3.25. The Labute approximate surface area is 149 Å². The van der Waals surface area contributed by atoms with Crippen molar-refractivity contribution in [2.75, 3.05) is 5.32 Å². The van der Waals surface area contributed by atoms with Crippen LogP contribution in [0.1, 0.15) is 34.8 Å². The Hall–Kier alpha value is -3.48. The van der Waals surface area contributed by atoms with Crippen LogP contribution < -0.4 is 5.32 Å². The summed E-state index contributed by atoms with van der Waals surface area (Å²) in [5, 5.41) is 7.14. The van der Waals surface area contributed by atoms with Crippen LogP contribution in [0.3, 0.4) is 0 Å². The van der Waals surface area contributed by atoms with Gasteiger partial charge in [0.25, 0.3) is 5.91 Å². The normalized spacial score (nSPS) is 13.8. The van der Waals surface area contributed by atoms with E-state index < -0.39 is 0 Å². The van der Waals surface area contributed by atoms with Gasteiger partial charge in [-0.15, -0.1) is 0 Å². The molecule has 1 aliphatic carbocycles. The van der Waals surface area contributed by atoms with Crippen LogP contribution in [0, 0.1) is 0 Å². The Balaban J connectivity index is 1.40. The molecule has 0 spiro atoms. The van der Waals surface area contributed by atoms with Crippen LogP contribution in [0.5, 0.6) is 0 Å². The minimum absolute atomic E-state index is 0.216. The van der Waals surface area contributed by atoms with Gasteiger partial charge in [-0.1, -0.05) is 0 Å². The number of aromatic nitrogens is 5. The first-order valence-electron chi connectivity index (χ1n) is 8.53. The smallest absolute Gasteiger partial charge is 0.261 e. The molecule has 7 nitrogen and oxygen atoms in total. The third kappa shape index (κ3) is 2.63. The summed E-state index contributed by atoms with van der Waals surface area (Å²) >= 11 is 0. The lowest BCUT2D eigenvalue weighted by Crippen LogP contribution is -2.12. The van der Waals surface area contributed by atoms with Crippen molar-refractivity contribution in [3.8, 4) is 11.4 Å². The van der Waals surface area contributed by atoms with Crippen molar-refractivity contribution in [3.63, 3.8) is 0 Å². The van der Waals surface area contributed by atoms with E-state index in [0.29, 0.717) is 22.8 Å². The van der Waals surface area contributed by atoms with Crippen LogP contribution in [-0.4, -0.2) is 30.5 Å². The van der Waals surface area contributed by atoms with Crippen molar-refractivity contribution in [3.05, 3.63) is 66.4 Å². The van der Waals surface area contributed by atoms with E-state index in [1.807, 2.05) is 36.5 Å². The van der Waals surface area contributed by atoms with Crippen LogP contribution in [-0.2, 0) is 0 Å². The van der Waals surface area contributed by atoms with E-state index in [-0.39, 0.29) is 5.91 Å². The van der Waals surface area contributed by atoms with Crippen molar-refractivity contribution in [1.29, 1.82) is 0 Å². The summed E-state index contributed by atoms with van der Waals surface area (Å²) < 4.78 is 1.64. The number of H-pyrrole nitrogens is 1. The number of aromatic amines is 1. The highest BCUT2D eigenvalue weighted by atomic mass is 16.1. The second-order valence-corrected chi connectivity index (χ2v) is 6.42. The third-order valence-corrected chi connectivity index (χ3v) is 4.55. The van der Waals surface area contributed by atoms with Crippen molar-refractivity contribution in [1.82, 2.24) is 24.6 Å². The number of carbonyl (C=O) groups is 1. The largest absolute Gasteiger partial charge is 0.345 e.